The summed E-state index contributed by atoms with van der Waals surface area (Å²) in [5.41, 5.74) is 0.666. The Bertz CT molecular complexity index is 1150. The zero-order valence-corrected chi connectivity index (χ0v) is 32.8. The minimum atomic E-state index is -0.842. The maximum absolute atomic E-state index is 12.5. The lowest BCUT2D eigenvalue weighted by Gasteiger charge is -2.06. The molecule has 0 N–H and O–H groups in total. The molecular formula is C44H70N2O6+2. The predicted molar refractivity (Wildman–Crippen MR) is 206 cm³/mol. The van der Waals surface area contributed by atoms with Crippen molar-refractivity contribution in [2.24, 2.45) is 0 Å². The van der Waals surface area contributed by atoms with Gasteiger partial charge in [0.05, 0.1) is 13.2 Å². The number of aryl methyl sites for hydroxylation is 2. The Balaban J connectivity index is 1.47. The summed E-state index contributed by atoms with van der Waals surface area (Å²) in [7, 11) is 0. The Labute approximate surface area is 315 Å². The number of aromatic nitrogens is 2. The van der Waals surface area contributed by atoms with Crippen LogP contribution in [0.2, 0.25) is 0 Å². The number of pyridine rings is 2. The van der Waals surface area contributed by atoms with Gasteiger partial charge in [0.2, 0.25) is 0 Å². The van der Waals surface area contributed by atoms with Crippen molar-refractivity contribution in [3.63, 3.8) is 0 Å². The van der Waals surface area contributed by atoms with Gasteiger partial charge in [-0.25, -0.2) is 18.7 Å². The molecule has 0 aliphatic carbocycles. The molecule has 2 rings (SSSR count). The number of Topliss-reactive ketones (excluding diaryl/α,β-unsaturated/α-hetero) is 2. The van der Waals surface area contributed by atoms with E-state index in [1.54, 1.807) is 24.3 Å². The number of carbonyl (C=O) groups excluding carboxylic acids is 4. The van der Waals surface area contributed by atoms with E-state index in [4.69, 9.17) is 9.47 Å². The number of ketones is 2. The van der Waals surface area contributed by atoms with E-state index < -0.39 is 23.5 Å². The fourth-order valence-corrected chi connectivity index (χ4v) is 6.33. The van der Waals surface area contributed by atoms with Gasteiger partial charge in [0.15, 0.2) is 24.8 Å². The highest BCUT2D eigenvalue weighted by atomic mass is 16.5. The second kappa shape index (κ2) is 30.1. The van der Waals surface area contributed by atoms with Gasteiger partial charge in [-0.2, -0.15) is 0 Å². The molecule has 2 aromatic heterocycles. The third kappa shape index (κ3) is 21.2. The molecule has 8 heteroatoms. The molecule has 0 aliphatic rings. The van der Waals surface area contributed by atoms with Crippen LogP contribution < -0.4 is 9.13 Å². The molecule has 0 spiro atoms. The van der Waals surface area contributed by atoms with Crippen molar-refractivity contribution in [3.05, 3.63) is 60.2 Å². The van der Waals surface area contributed by atoms with Gasteiger partial charge >= 0.3 is 11.9 Å². The SMILES string of the molecule is CCCCCCCCCCCC[n+]1ccc(C(=O)C(=O)OCCCCCCOC(=O)C(=O)c2cc[n+](CCCCCCCCCCCC)cc2)cc1. The van der Waals surface area contributed by atoms with Crippen molar-refractivity contribution in [2.45, 2.75) is 181 Å². The molecule has 0 fully saturated rings. The van der Waals surface area contributed by atoms with Crippen molar-refractivity contribution in [3.8, 4) is 0 Å². The smallest absolute Gasteiger partial charge is 0.379 e. The topological polar surface area (TPSA) is 94.5 Å². The molecule has 0 unspecified atom stereocenters. The maximum Gasteiger partial charge on any atom is 0.379 e. The third-order valence-corrected chi connectivity index (χ3v) is 9.72. The zero-order chi connectivity index (χ0) is 37.5. The average molecular weight is 723 g/mol. The van der Waals surface area contributed by atoms with Gasteiger partial charge < -0.3 is 9.47 Å². The van der Waals surface area contributed by atoms with Crippen molar-refractivity contribution >= 4 is 23.5 Å². The molecule has 8 nitrogen and oxygen atoms in total. The van der Waals surface area contributed by atoms with Gasteiger partial charge in [0.25, 0.3) is 11.6 Å². The molecule has 2 aromatic rings. The summed E-state index contributed by atoms with van der Waals surface area (Å²) < 4.78 is 14.5. The van der Waals surface area contributed by atoms with Crippen LogP contribution in [0.1, 0.15) is 189 Å². The van der Waals surface area contributed by atoms with E-state index in [2.05, 4.69) is 23.0 Å². The van der Waals surface area contributed by atoms with Crippen LogP contribution in [-0.2, 0) is 32.2 Å². The molecule has 0 aromatic carbocycles. The summed E-state index contributed by atoms with van der Waals surface area (Å²) >= 11 is 0. The largest absolute Gasteiger partial charge is 0.460 e. The van der Waals surface area contributed by atoms with Crippen LogP contribution in [0, 0.1) is 0 Å². The Hall–Kier alpha value is -3.42. The van der Waals surface area contributed by atoms with Crippen molar-refractivity contribution in [1.82, 2.24) is 0 Å². The Morgan fingerprint density at radius 2 is 0.673 bits per heavy atom. The molecule has 0 amide bonds. The molecule has 0 bridgehead atoms. The molecule has 0 saturated carbocycles. The molecule has 0 aliphatic heterocycles. The number of esters is 2. The molecule has 0 atom stereocenters. The second-order valence-electron chi connectivity index (χ2n) is 14.4. The first-order chi connectivity index (χ1) is 25.5. The van der Waals surface area contributed by atoms with Crippen LogP contribution in [0.15, 0.2) is 49.1 Å². The van der Waals surface area contributed by atoms with Gasteiger partial charge in [-0.3, -0.25) is 9.59 Å². The summed E-state index contributed by atoms with van der Waals surface area (Å²) in [4.78, 5) is 49.5. The van der Waals surface area contributed by atoms with Gasteiger partial charge in [-0.05, 0) is 38.5 Å². The lowest BCUT2D eigenvalue weighted by Crippen LogP contribution is -2.33. The number of unbranched alkanes of at least 4 members (excludes halogenated alkanes) is 21. The summed E-state index contributed by atoms with van der Waals surface area (Å²) in [6.45, 7) is 6.61. The Morgan fingerprint density at radius 1 is 0.404 bits per heavy atom. The first kappa shape index (κ1) is 44.7. The quantitative estimate of drug-likeness (QED) is 0.0239. The van der Waals surface area contributed by atoms with Crippen LogP contribution in [0.5, 0.6) is 0 Å². The van der Waals surface area contributed by atoms with E-state index in [9.17, 15) is 19.2 Å². The Morgan fingerprint density at radius 3 is 0.981 bits per heavy atom. The van der Waals surface area contributed by atoms with Crippen LogP contribution in [0.3, 0.4) is 0 Å². The highest BCUT2D eigenvalue weighted by Gasteiger charge is 2.20. The standard InChI is InChI=1S/C44H70N2O6/c1-3-5-7-9-11-13-15-17-19-23-31-45-33-27-39(28-34-45)41(47)43(49)51-37-25-21-22-26-38-52-44(50)42(48)40-29-35-46(36-30-40)32-24-20-18-16-14-12-10-8-6-4-2/h27-30,33-36H,3-26,31-32,37-38H2,1-2H3/q+2. The summed E-state index contributed by atoms with van der Waals surface area (Å²) in [6, 6.07) is 6.72. The zero-order valence-electron chi connectivity index (χ0n) is 32.8. The molecule has 52 heavy (non-hydrogen) atoms. The number of nitrogens with zero attached hydrogens (tertiary/aromatic N) is 2. The fraction of sp³-hybridized carbons (Fsp3) is 0.682. The van der Waals surface area contributed by atoms with E-state index in [-0.39, 0.29) is 13.2 Å². The molecule has 2 heterocycles. The third-order valence-electron chi connectivity index (χ3n) is 9.72. The second-order valence-corrected chi connectivity index (χ2v) is 14.4. The van der Waals surface area contributed by atoms with Gasteiger partial charge in [-0.1, -0.05) is 117 Å². The summed E-state index contributed by atoms with van der Waals surface area (Å²) in [6.07, 6.45) is 36.0. The van der Waals surface area contributed by atoms with Crippen LogP contribution in [0.25, 0.3) is 0 Å². The highest BCUT2D eigenvalue weighted by Crippen LogP contribution is 2.12. The first-order valence-corrected chi connectivity index (χ1v) is 20.9. The average Bonchev–Trinajstić information content (AvgIpc) is 3.17. The first-order valence-electron chi connectivity index (χ1n) is 20.9. The van der Waals surface area contributed by atoms with E-state index in [0.717, 1.165) is 38.8 Å². The normalized spacial score (nSPS) is 11.0. The monoisotopic (exact) mass is 723 g/mol. The van der Waals surface area contributed by atoms with Gasteiger partial charge in [0, 0.05) is 48.2 Å². The maximum atomic E-state index is 12.5. The van der Waals surface area contributed by atoms with E-state index in [1.807, 2.05) is 24.8 Å². The van der Waals surface area contributed by atoms with E-state index >= 15 is 0 Å². The van der Waals surface area contributed by atoms with Gasteiger partial charge in [0.1, 0.15) is 13.1 Å². The summed E-state index contributed by atoms with van der Waals surface area (Å²) in [5.74, 6) is -2.95. The van der Waals surface area contributed by atoms with E-state index in [0.29, 0.717) is 24.0 Å². The van der Waals surface area contributed by atoms with Crippen LogP contribution >= 0.6 is 0 Å². The number of rotatable bonds is 33. The van der Waals surface area contributed by atoms with Crippen molar-refractivity contribution < 1.29 is 37.8 Å². The summed E-state index contributed by atoms with van der Waals surface area (Å²) in [5, 5.41) is 0. The van der Waals surface area contributed by atoms with Crippen molar-refractivity contribution in [1.29, 1.82) is 0 Å². The molecule has 290 valence electrons. The van der Waals surface area contributed by atoms with Crippen molar-refractivity contribution in [2.75, 3.05) is 13.2 Å². The number of ether oxygens (including phenoxy) is 2. The van der Waals surface area contributed by atoms with E-state index in [1.165, 1.54) is 116 Å². The minimum absolute atomic E-state index is 0.154. The van der Waals surface area contributed by atoms with Gasteiger partial charge in [-0.15, -0.1) is 0 Å². The molecule has 0 radical (unpaired) electrons. The number of hydrogen-bond donors (Lipinski definition) is 0. The number of hydrogen-bond acceptors (Lipinski definition) is 6. The lowest BCUT2D eigenvalue weighted by molar-refractivity contribution is -0.697. The van der Waals surface area contributed by atoms with Crippen LogP contribution in [0.4, 0.5) is 0 Å². The molecular weight excluding hydrogens is 652 g/mol. The lowest BCUT2D eigenvalue weighted by atomic mass is 10.1. The number of carbonyl (C=O) groups is 4. The predicted octanol–water partition coefficient (Wildman–Crippen LogP) is 9.82. The minimum Gasteiger partial charge on any atom is -0.460 e. The fourth-order valence-electron chi connectivity index (χ4n) is 6.33. The Kier molecular flexibility index (Phi) is 25.9. The highest BCUT2D eigenvalue weighted by molar-refractivity contribution is 6.41. The van der Waals surface area contributed by atoms with Crippen LogP contribution in [-0.4, -0.2) is 36.7 Å². The molecule has 0 saturated heterocycles.